The van der Waals surface area contributed by atoms with E-state index in [1.165, 1.54) is 0 Å². The minimum atomic E-state index is -2.77. The SMILES string of the molecule is CC1CCC(F)(F)CC1C(=O)O. The van der Waals surface area contributed by atoms with Crippen LogP contribution >= 0.6 is 0 Å². The normalized spacial score (nSPS) is 34.6. The zero-order chi connectivity index (χ0) is 9.35. The molecule has 1 fully saturated rings. The van der Waals surface area contributed by atoms with E-state index in [1.807, 2.05) is 0 Å². The van der Waals surface area contributed by atoms with Gasteiger partial charge in [-0.05, 0) is 12.3 Å². The molecule has 70 valence electrons. The molecule has 2 nitrogen and oxygen atoms in total. The molecule has 4 heteroatoms. The summed E-state index contributed by atoms with van der Waals surface area (Å²) in [6, 6.07) is 0. The Morgan fingerprint density at radius 2 is 2.17 bits per heavy atom. The predicted octanol–water partition coefficient (Wildman–Crippen LogP) is 2.14. The van der Waals surface area contributed by atoms with Crippen molar-refractivity contribution >= 4 is 5.97 Å². The van der Waals surface area contributed by atoms with Crippen molar-refractivity contribution in [3.8, 4) is 0 Å². The molecule has 0 spiro atoms. The number of aliphatic carboxylic acids is 1. The first-order valence-electron chi connectivity index (χ1n) is 4.03. The monoisotopic (exact) mass is 178 g/mol. The summed E-state index contributed by atoms with van der Waals surface area (Å²) in [7, 11) is 0. The molecule has 0 heterocycles. The number of rotatable bonds is 1. The van der Waals surface area contributed by atoms with Gasteiger partial charge in [0.15, 0.2) is 0 Å². The fourth-order valence-electron chi connectivity index (χ4n) is 1.60. The van der Waals surface area contributed by atoms with E-state index >= 15 is 0 Å². The average molecular weight is 178 g/mol. The van der Waals surface area contributed by atoms with E-state index < -0.39 is 24.2 Å². The molecule has 1 rings (SSSR count). The molecule has 0 saturated heterocycles. The third-order valence-electron chi connectivity index (χ3n) is 2.49. The second-order valence-electron chi connectivity index (χ2n) is 3.52. The van der Waals surface area contributed by atoms with Gasteiger partial charge in [-0.1, -0.05) is 6.92 Å². The summed E-state index contributed by atoms with van der Waals surface area (Å²) in [6.07, 6.45) is -0.356. The lowest BCUT2D eigenvalue weighted by atomic mass is 9.78. The van der Waals surface area contributed by atoms with Gasteiger partial charge in [0.1, 0.15) is 0 Å². The topological polar surface area (TPSA) is 37.3 Å². The molecule has 0 radical (unpaired) electrons. The Hall–Kier alpha value is -0.670. The predicted molar refractivity (Wildman–Crippen MR) is 39.1 cm³/mol. The lowest BCUT2D eigenvalue weighted by molar-refractivity contribution is -0.152. The summed E-state index contributed by atoms with van der Waals surface area (Å²) in [6.45, 7) is 1.72. The van der Waals surface area contributed by atoms with E-state index in [4.69, 9.17) is 5.11 Å². The molecular weight excluding hydrogens is 166 g/mol. The second kappa shape index (κ2) is 2.99. The molecule has 0 aliphatic heterocycles. The third kappa shape index (κ3) is 1.93. The molecule has 0 amide bonds. The van der Waals surface area contributed by atoms with Crippen LogP contribution in [-0.2, 0) is 4.79 Å². The molecular formula is C8H12F2O2. The van der Waals surface area contributed by atoms with Crippen molar-refractivity contribution in [2.75, 3.05) is 0 Å². The zero-order valence-corrected chi connectivity index (χ0v) is 6.89. The van der Waals surface area contributed by atoms with Crippen LogP contribution in [0.2, 0.25) is 0 Å². The first-order chi connectivity index (χ1) is 5.42. The number of carbonyl (C=O) groups is 1. The van der Waals surface area contributed by atoms with Crippen molar-refractivity contribution in [1.82, 2.24) is 0 Å². The molecule has 0 aromatic heterocycles. The van der Waals surface area contributed by atoms with Crippen LogP contribution in [0, 0.1) is 11.8 Å². The minimum absolute atomic E-state index is 0.123. The standard InChI is InChI=1S/C8H12F2O2/c1-5-2-3-8(9,10)4-6(5)7(11)12/h5-6H,2-4H2,1H3,(H,11,12). The molecule has 0 aromatic carbocycles. The molecule has 12 heavy (non-hydrogen) atoms. The van der Waals surface area contributed by atoms with Crippen LogP contribution in [0.1, 0.15) is 26.2 Å². The Morgan fingerprint density at radius 1 is 1.58 bits per heavy atom. The van der Waals surface area contributed by atoms with Gasteiger partial charge in [-0.15, -0.1) is 0 Å². The average Bonchev–Trinajstić information content (AvgIpc) is 1.94. The second-order valence-corrected chi connectivity index (χ2v) is 3.52. The molecule has 1 aliphatic carbocycles. The Morgan fingerprint density at radius 3 is 2.58 bits per heavy atom. The third-order valence-corrected chi connectivity index (χ3v) is 2.49. The smallest absolute Gasteiger partial charge is 0.306 e. The van der Waals surface area contributed by atoms with Crippen LogP contribution in [-0.4, -0.2) is 17.0 Å². The van der Waals surface area contributed by atoms with Gasteiger partial charge in [0, 0.05) is 12.8 Å². The van der Waals surface area contributed by atoms with Crippen LogP contribution in [0.3, 0.4) is 0 Å². The highest BCUT2D eigenvalue weighted by atomic mass is 19.3. The lowest BCUT2D eigenvalue weighted by Gasteiger charge is -2.31. The summed E-state index contributed by atoms with van der Waals surface area (Å²) < 4.78 is 25.4. The molecule has 2 unspecified atom stereocenters. The van der Waals surface area contributed by atoms with Crippen LogP contribution < -0.4 is 0 Å². The number of halogens is 2. The molecule has 1 aliphatic rings. The van der Waals surface area contributed by atoms with E-state index in [0.29, 0.717) is 6.42 Å². The maximum atomic E-state index is 12.7. The Balaban J connectivity index is 2.66. The summed E-state index contributed by atoms with van der Waals surface area (Å²) in [5.74, 6) is -4.85. The quantitative estimate of drug-likeness (QED) is 0.667. The molecule has 2 atom stereocenters. The van der Waals surface area contributed by atoms with E-state index in [-0.39, 0.29) is 12.3 Å². The van der Waals surface area contributed by atoms with Crippen LogP contribution in [0.5, 0.6) is 0 Å². The number of alkyl halides is 2. The van der Waals surface area contributed by atoms with Gasteiger partial charge < -0.3 is 5.11 Å². The van der Waals surface area contributed by atoms with Crippen molar-refractivity contribution in [3.63, 3.8) is 0 Å². The van der Waals surface area contributed by atoms with E-state index in [0.717, 1.165) is 0 Å². The summed E-state index contributed by atoms with van der Waals surface area (Å²) in [4.78, 5) is 10.5. The van der Waals surface area contributed by atoms with E-state index in [9.17, 15) is 13.6 Å². The van der Waals surface area contributed by atoms with Gasteiger partial charge in [-0.3, -0.25) is 4.79 Å². The number of carboxylic acid groups (broad SMARTS) is 1. The van der Waals surface area contributed by atoms with Gasteiger partial charge in [0.05, 0.1) is 5.92 Å². The van der Waals surface area contributed by atoms with Crippen LogP contribution in [0.15, 0.2) is 0 Å². The maximum Gasteiger partial charge on any atom is 0.306 e. The highest BCUT2D eigenvalue weighted by molar-refractivity contribution is 5.70. The molecule has 1 saturated carbocycles. The van der Waals surface area contributed by atoms with Crippen molar-refractivity contribution < 1.29 is 18.7 Å². The Kier molecular flexibility index (Phi) is 2.35. The highest BCUT2D eigenvalue weighted by Gasteiger charge is 2.42. The maximum absolute atomic E-state index is 12.7. The minimum Gasteiger partial charge on any atom is -0.481 e. The summed E-state index contributed by atoms with van der Waals surface area (Å²) in [5, 5.41) is 8.61. The van der Waals surface area contributed by atoms with Gasteiger partial charge in [0.2, 0.25) is 5.92 Å². The van der Waals surface area contributed by atoms with Crippen LogP contribution in [0.25, 0.3) is 0 Å². The Labute approximate surface area is 69.6 Å². The molecule has 1 N–H and O–H groups in total. The summed E-state index contributed by atoms with van der Waals surface area (Å²) >= 11 is 0. The number of hydrogen-bond donors (Lipinski definition) is 1. The van der Waals surface area contributed by atoms with Crippen LogP contribution in [0.4, 0.5) is 8.78 Å². The van der Waals surface area contributed by atoms with E-state index in [2.05, 4.69) is 0 Å². The van der Waals surface area contributed by atoms with Gasteiger partial charge >= 0.3 is 5.97 Å². The van der Waals surface area contributed by atoms with Gasteiger partial charge in [0.25, 0.3) is 0 Å². The fraction of sp³-hybridized carbons (Fsp3) is 0.875. The molecule has 0 bridgehead atoms. The fourth-order valence-corrected chi connectivity index (χ4v) is 1.60. The van der Waals surface area contributed by atoms with Crippen molar-refractivity contribution in [1.29, 1.82) is 0 Å². The number of hydrogen-bond acceptors (Lipinski definition) is 1. The van der Waals surface area contributed by atoms with Gasteiger partial charge in [-0.25, -0.2) is 8.78 Å². The zero-order valence-electron chi connectivity index (χ0n) is 6.89. The van der Waals surface area contributed by atoms with E-state index in [1.54, 1.807) is 6.92 Å². The Bertz CT molecular complexity index is 191. The first kappa shape index (κ1) is 9.42. The molecule has 0 aromatic rings. The van der Waals surface area contributed by atoms with Crippen molar-refractivity contribution in [2.24, 2.45) is 11.8 Å². The van der Waals surface area contributed by atoms with Crippen molar-refractivity contribution in [2.45, 2.75) is 32.1 Å². The largest absolute Gasteiger partial charge is 0.481 e. The lowest BCUT2D eigenvalue weighted by Crippen LogP contribution is -2.35. The summed E-state index contributed by atoms with van der Waals surface area (Å²) in [5.41, 5.74) is 0. The highest BCUT2D eigenvalue weighted by Crippen LogP contribution is 2.39. The first-order valence-corrected chi connectivity index (χ1v) is 4.03. The number of carboxylic acids is 1. The van der Waals surface area contributed by atoms with Crippen molar-refractivity contribution in [3.05, 3.63) is 0 Å². The van der Waals surface area contributed by atoms with Gasteiger partial charge in [-0.2, -0.15) is 0 Å².